The number of ether oxygens (including phenoxy) is 1. The fourth-order valence-electron chi connectivity index (χ4n) is 2.63. The zero-order chi connectivity index (χ0) is 14.0. The van der Waals surface area contributed by atoms with Gasteiger partial charge in [0.25, 0.3) is 5.91 Å². The number of benzene rings is 1. The predicted octanol–water partition coefficient (Wildman–Crippen LogP) is 3.18. The Hall–Kier alpha value is -1.51. The summed E-state index contributed by atoms with van der Waals surface area (Å²) in [6, 6.07) is 3.78. The van der Waals surface area contributed by atoms with Crippen LogP contribution in [0.3, 0.4) is 0 Å². The molecule has 1 saturated heterocycles. The number of methoxy groups -OCH3 is 1. The smallest absolute Gasteiger partial charge is 0.254 e. The van der Waals surface area contributed by atoms with Gasteiger partial charge in [-0.05, 0) is 55.9 Å². The molecule has 0 saturated carbocycles. The van der Waals surface area contributed by atoms with E-state index in [1.807, 2.05) is 30.9 Å². The Kier molecular flexibility index (Phi) is 4.13. The summed E-state index contributed by atoms with van der Waals surface area (Å²) in [6.45, 7) is 8.01. The van der Waals surface area contributed by atoms with E-state index in [4.69, 9.17) is 4.74 Å². The van der Waals surface area contributed by atoms with Gasteiger partial charge in [0.15, 0.2) is 0 Å². The number of rotatable bonds is 2. The van der Waals surface area contributed by atoms with E-state index in [2.05, 4.69) is 6.92 Å². The van der Waals surface area contributed by atoms with Gasteiger partial charge in [-0.2, -0.15) is 0 Å². The fraction of sp³-hybridized carbons (Fsp3) is 0.562. The highest BCUT2D eigenvalue weighted by Crippen LogP contribution is 2.26. The van der Waals surface area contributed by atoms with Crippen LogP contribution in [0.1, 0.15) is 41.3 Å². The highest BCUT2D eigenvalue weighted by atomic mass is 16.5. The average molecular weight is 261 g/mol. The second-order valence-corrected chi connectivity index (χ2v) is 5.54. The van der Waals surface area contributed by atoms with Crippen molar-refractivity contribution >= 4 is 5.91 Å². The van der Waals surface area contributed by atoms with Crippen molar-refractivity contribution in [1.82, 2.24) is 4.90 Å². The van der Waals surface area contributed by atoms with E-state index >= 15 is 0 Å². The summed E-state index contributed by atoms with van der Waals surface area (Å²) in [7, 11) is 1.66. The van der Waals surface area contributed by atoms with E-state index in [1.165, 1.54) is 0 Å². The lowest BCUT2D eigenvalue weighted by Gasteiger charge is -2.31. The number of piperidine rings is 1. The minimum atomic E-state index is 0.162. The summed E-state index contributed by atoms with van der Waals surface area (Å²) in [4.78, 5) is 14.5. The van der Waals surface area contributed by atoms with Crippen molar-refractivity contribution in [3.63, 3.8) is 0 Å². The first-order chi connectivity index (χ1) is 9.04. The summed E-state index contributed by atoms with van der Waals surface area (Å²) >= 11 is 0. The highest BCUT2D eigenvalue weighted by Gasteiger charge is 2.23. The molecule has 0 bridgehead atoms. The van der Waals surface area contributed by atoms with Gasteiger partial charge in [0.05, 0.1) is 7.11 Å². The zero-order valence-electron chi connectivity index (χ0n) is 12.3. The number of likely N-dealkylation sites (tertiary alicyclic amines) is 1. The summed E-state index contributed by atoms with van der Waals surface area (Å²) in [6.07, 6.45) is 2.22. The third-order valence-corrected chi connectivity index (χ3v) is 4.26. The molecule has 2 rings (SSSR count). The van der Waals surface area contributed by atoms with E-state index in [-0.39, 0.29) is 5.91 Å². The molecule has 0 unspecified atom stereocenters. The summed E-state index contributed by atoms with van der Waals surface area (Å²) < 4.78 is 5.30. The molecule has 0 N–H and O–H groups in total. The molecule has 19 heavy (non-hydrogen) atoms. The predicted molar refractivity (Wildman–Crippen MR) is 76.8 cm³/mol. The van der Waals surface area contributed by atoms with Gasteiger partial charge >= 0.3 is 0 Å². The molecule has 0 spiro atoms. The van der Waals surface area contributed by atoms with Crippen molar-refractivity contribution in [3.05, 3.63) is 28.8 Å². The summed E-state index contributed by atoms with van der Waals surface area (Å²) in [5.41, 5.74) is 2.90. The second kappa shape index (κ2) is 5.64. The number of hydrogen-bond acceptors (Lipinski definition) is 2. The molecule has 1 aliphatic rings. The average Bonchev–Trinajstić information content (AvgIpc) is 2.42. The van der Waals surface area contributed by atoms with Gasteiger partial charge in [0.2, 0.25) is 0 Å². The van der Waals surface area contributed by atoms with Crippen molar-refractivity contribution in [3.8, 4) is 5.75 Å². The Morgan fingerprint density at radius 2 is 1.84 bits per heavy atom. The van der Waals surface area contributed by atoms with Gasteiger partial charge in [-0.3, -0.25) is 4.79 Å². The number of amides is 1. The van der Waals surface area contributed by atoms with Crippen LogP contribution >= 0.6 is 0 Å². The third-order valence-electron chi connectivity index (χ3n) is 4.26. The molecule has 104 valence electrons. The molecule has 1 aromatic rings. The summed E-state index contributed by atoms with van der Waals surface area (Å²) in [5, 5.41) is 0. The standard InChI is InChI=1S/C16H23NO2/c1-11-7-9-17(10-8-11)16(18)14-5-6-15(19-4)13(3)12(14)2/h5-6,11H,7-10H2,1-4H3. The maximum atomic E-state index is 12.6. The second-order valence-electron chi connectivity index (χ2n) is 5.54. The molecule has 0 radical (unpaired) electrons. The lowest BCUT2D eigenvalue weighted by atomic mass is 9.97. The molecule has 1 amide bonds. The van der Waals surface area contributed by atoms with Crippen LogP contribution in [-0.4, -0.2) is 31.0 Å². The number of nitrogens with zero attached hydrogens (tertiary/aromatic N) is 1. The normalized spacial score (nSPS) is 16.5. The van der Waals surface area contributed by atoms with Crippen LogP contribution in [0.5, 0.6) is 5.75 Å². The van der Waals surface area contributed by atoms with Crippen LogP contribution in [0, 0.1) is 19.8 Å². The Morgan fingerprint density at radius 1 is 1.21 bits per heavy atom. The molecule has 0 aromatic heterocycles. The summed E-state index contributed by atoms with van der Waals surface area (Å²) in [5.74, 6) is 1.75. The Morgan fingerprint density at radius 3 is 2.42 bits per heavy atom. The lowest BCUT2D eigenvalue weighted by Crippen LogP contribution is -2.38. The van der Waals surface area contributed by atoms with Crippen molar-refractivity contribution in [2.75, 3.05) is 20.2 Å². The van der Waals surface area contributed by atoms with E-state index < -0.39 is 0 Å². The van der Waals surface area contributed by atoms with E-state index in [9.17, 15) is 4.79 Å². The van der Waals surface area contributed by atoms with Crippen molar-refractivity contribution < 1.29 is 9.53 Å². The van der Waals surface area contributed by atoms with Crippen molar-refractivity contribution in [2.45, 2.75) is 33.6 Å². The zero-order valence-corrected chi connectivity index (χ0v) is 12.3. The Bertz CT molecular complexity index is 474. The molecule has 1 aliphatic heterocycles. The molecule has 1 aromatic carbocycles. The fourth-order valence-corrected chi connectivity index (χ4v) is 2.63. The molecule has 1 heterocycles. The quantitative estimate of drug-likeness (QED) is 0.818. The van der Waals surface area contributed by atoms with Crippen LogP contribution in [0.25, 0.3) is 0 Å². The topological polar surface area (TPSA) is 29.5 Å². The minimum absolute atomic E-state index is 0.162. The number of carbonyl (C=O) groups is 1. The highest BCUT2D eigenvalue weighted by molar-refractivity contribution is 5.96. The van der Waals surface area contributed by atoms with Crippen LogP contribution in [0.4, 0.5) is 0 Å². The third kappa shape index (κ3) is 2.75. The van der Waals surface area contributed by atoms with Gasteiger partial charge in [0, 0.05) is 18.7 Å². The Balaban J connectivity index is 2.22. The number of hydrogen-bond donors (Lipinski definition) is 0. The SMILES string of the molecule is COc1ccc(C(=O)N2CCC(C)CC2)c(C)c1C. The lowest BCUT2D eigenvalue weighted by molar-refractivity contribution is 0.0696. The molecule has 3 nitrogen and oxygen atoms in total. The maximum Gasteiger partial charge on any atom is 0.254 e. The van der Waals surface area contributed by atoms with Gasteiger partial charge < -0.3 is 9.64 Å². The monoisotopic (exact) mass is 261 g/mol. The molecule has 0 aliphatic carbocycles. The van der Waals surface area contributed by atoms with Crippen molar-refractivity contribution in [2.24, 2.45) is 5.92 Å². The largest absolute Gasteiger partial charge is 0.496 e. The molecule has 3 heteroatoms. The molecular weight excluding hydrogens is 238 g/mol. The first kappa shape index (κ1) is 13.9. The molecule has 0 atom stereocenters. The first-order valence-electron chi connectivity index (χ1n) is 6.98. The van der Waals surface area contributed by atoms with Crippen LogP contribution in [0.15, 0.2) is 12.1 Å². The molecule has 1 fully saturated rings. The Labute approximate surface area is 115 Å². The van der Waals surface area contributed by atoms with E-state index in [1.54, 1.807) is 7.11 Å². The van der Waals surface area contributed by atoms with Crippen LogP contribution < -0.4 is 4.74 Å². The molecular formula is C16H23NO2. The van der Waals surface area contributed by atoms with Gasteiger partial charge in [0.1, 0.15) is 5.75 Å². The van der Waals surface area contributed by atoms with E-state index in [0.29, 0.717) is 0 Å². The van der Waals surface area contributed by atoms with Gasteiger partial charge in [-0.1, -0.05) is 6.92 Å². The maximum absolute atomic E-state index is 12.6. The van der Waals surface area contributed by atoms with Crippen LogP contribution in [-0.2, 0) is 0 Å². The van der Waals surface area contributed by atoms with Gasteiger partial charge in [-0.25, -0.2) is 0 Å². The van der Waals surface area contributed by atoms with Crippen molar-refractivity contribution in [1.29, 1.82) is 0 Å². The van der Waals surface area contributed by atoms with Gasteiger partial charge in [-0.15, -0.1) is 0 Å². The first-order valence-corrected chi connectivity index (χ1v) is 6.98. The van der Waals surface area contributed by atoms with E-state index in [0.717, 1.165) is 54.3 Å². The number of carbonyl (C=O) groups excluding carboxylic acids is 1. The minimum Gasteiger partial charge on any atom is -0.496 e. The van der Waals surface area contributed by atoms with Crippen LogP contribution in [0.2, 0.25) is 0 Å².